The van der Waals surface area contributed by atoms with Gasteiger partial charge in [0.15, 0.2) is 0 Å². The Morgan fingerprint density at radius 1 is 1.00 bits per heavy atom. The fraction of sp³-hybridized carbons (Fsp3) is 0.310. The van der Waals surface area contributed by atoms with Crippen molar-refractivity contribution in [1.29, 1.82) is 0 Å². The number of carbonyl (C=O) groups excluding carboxylic acids is 2. The minimum absolute atomic E-state index is 0.0330. The van der Waals surface area contributed by atoms with Gasteiger partial charge in [-0.3, -0.25) is 13.9 Å². The van der Waals surface area contributed by atoms with E-state index in [-0.39, 0.29) is 28.1 Å². The zero-order valence-corrected chi connectivity index (χ0v) is 25.4. The molecule has 3 rings (SSSR count). The Morgan fingerprint density at radius 3 is 2.26 bits per heavy atom. The number of hydrogen-bond donors (Lipinski definition) is 1. The maximum atomic E-state index is 13.9. The molecule has 0 fully saturated rings. The number of sulfonamides is 1. The van der Waals surface area contributed by atoms with E-state index in [2.05, 4.69) is 21.2 Å². The van der Waals surface area contributed by atoms with Crippen molar-refractivity contribution in [3.63, 3.8) is 0 Å². The van der Waals surface area contributed by atoms with Gasteiger partial charge in [-0.15, -0.1) is 0 Å². The number of anilines is 1. The maximum absolute atomic E-state index is 13.9. The van der Waals surface area contributed by atoms with Crippen LogP contribution in [0.15, 0.2) is 82.2 Å². The first-order valence-corrected chi connectivity index (χ1v) is 15.3. The van der Waals surface area contributed by atoms with Crippen LogP contribution in [0.2, 0.25) is 5.02 Å². The summed E-state index contributed by atoms with van der Waals surface area (Å²) in [7, 11) is -4.17. The lowest BCUT2D eigenvalue weighted by Gasteiger charge is -2.32. The highest BCUT2D eigenvalue weighted by atomic mass is 79.9. The number of unbranched alkanes of at least 4 members (excludes halogenated alkanes) is 1. The molecule has 10 heteroatoms. The van der Waals surface area contributed by atoms with E-state index in [0.29, 0.717) is 6.54 Å². The van der Waals surface area contributed by atoms with Crippen LogP contribution in [0.25, 0.3) is 0 Å². The third-order valence-corrected chi connectivity index (χ3v) is 8.89. The van der Waals surface area contributed by atoms with Crippen molar-refractivity contribution in [2.75, 3.05) is 17.4 Å². The van der Waals surface area contributed by atoms with E-state index in [1.165, 1.54) is 17.0 Å². The van der Waals surface area contributed by atoms with Crippen molar-refractivity contribution in [3.8, 4) is 0 Å². The molecule has 0 aromatic heterocycles. The van der Waals surface area contributed by atoms with Crippen molar-refractivity contribution in [2.24, 2.45) is 0 Å². The van der Waals surface area contributed by atoms with Crippen LogP contribution in [-0.2, 0) is 26.2 Å². The normalized spacial score (nSPS) is 12.0. The van der Waals surface area contributed by atoms with Crippen LogP contribution >= 0.6 is 27.5 Å². The number of rotatable bonds is 12. The number of amides is 2. The largest absolute Gasteiger partial charge is 0.354 e. The zero-order valence-electron chi connectivity index (χ0n) is 22.2. The van der Waals surface area contributed by atoms with Gasteiger partial charge in [0.05, 0.1) is 15.6 Å². The van der Waals surface area contributed by atoms with Crippen molar-refractivity contribution >= 4 is 55.1 Å². The Balaban J connectivity index is 2.00. The molecule has 0 aliphatic heterocycles. The number of aryl methyl sites for hydroxylation is 1. The molecule has 2 amide bonds. The molecule has 0 aliphatic carbocycles. The van der Waals surface area contributed by atoms with E-state index in [1.807, 2.05) is 38.1 Å². The van der Waals surface area contributed by atoms with Crippen LogP contribution < -0.4 is 9.62 Å². The summed E-state index contributed by atoms with van der Waals surface area (Å²) < 4.78 is 29.6. The van der Waals surface area contributed by atoms with Crippen LogP contribution in [-0.4, -0.2) is 44.3 Å². The molecule has 0 saturated carbocycles. The molecule has 0 radical (unpaired) electrons. The smallest absolute Gasteiger partial charge is 0.264 e. The zero-order chi connectivity index (χ0) is 28.6. The highest BCUT2D eigenvalue weighted by Crippen LogP contribution is 2.31. The molecule has 39 heavy (non-hydrogen) atoms. The molecule has 1 atom stereocenters. The molecule has 0 bridgehead atoms. The Morgan fingerprint density at radius 2 is 1.64 bits per heavy atom. The van der Waals surface area contributed by atoms with E-state index >= 15 is 0 Å². The first-order chi connectivity index (χ1) is 18.5. The molecule has 1 N–H and O–H groups in total. The molecular formula is C29H33BrClN3O4S. The highest BCUT2D eigenvalue weighted by Gasteiger charge is 2.33. The second-order valence-corrected chi connectivity index (χ2v) is 12.4. The van der Waals surface area contributed by atoms with Gasteiger partial charge in [-0.1, -0.05) is 82.8 Å². The quantitative estimate of drug-likeness (QED) is 0.250. The summed E-state index contributed by atoms with van der Waals surface area (Å²) in [6.45, 7) is 5.60. The third-order valence-electron chi connectivity index (χ3n) is 6.27. The summed E-state index contributed by atoms with van der Waals surface area (Å²) in [6, 6.07) is 19.4. The Labute approximate surface area is 244 Å². The lowest BCUT2D eigenvalue weighted by Crippen LogP contribution is -2.51. The van der Waals surface area contributed by atoms with Gasteiger partial charge in [0.2, 0.25) is 11.8 Å². The topological polar surface area (TPSA) is 86.8 Å². The van der Waals surface area contributed by atoms with E-state index in [4.69, 9.17) is 11.6 Å². The summed E-state index contributed by atoms with van der Waals surface area (Å²) in [6.07, 6.45) is 1.73. The Bertz CT molecular complexity index is 1380. The molecule has 0 aliphatic rings. The van der Waals surface area contributed by atoms with Crippen molar-refractivity contribution in [1.82, 2.24) is 10.2 Å². The predicted octanol–water partition coefficient (Wildman–Crippen LogP) is 5.94. The molecule has 208 valence electrons. The van der Waals surface area contributed by atoms with Gasteiger partial charge >= 0.3 is 0 Å². The monoisotopic (exact) mass is 633 g/mol. The third kappa shape index (κ3) is 8.06. The number of nitrogens with one attached hydrogen (secondary N) is 1. The first kappa shape index (κ1) is 30.7. The van der Waals surface area contributed by atoms with E-state index in [0.717, 1.165) is 32.7 Å². The van der Waals surface area contributed by atoms with Crippen molar-refractivity contribution < 1.29 is 18.0 Å². The Kier molecular flexibility index (Phi) is 11.0. The average Bonchev–Trinajstić information content (AvgIpc) is 2.91. The first-order valence-electron chi connectivity index (χ1n) is 12.7. The lowest BCUT2D eigenvalue weighted by atomic mass is 10.1. The van der Waals surface area contributed by atoms with Gasteiger partial charge in [0.25, 0.3) is 10.0 Å². The van der Waals surface area contributed by atoms with E-state index in [1.54, 1.807) is 43.3 Å². The molecule has 0 heterocycles. The highest BCUT2D eigenvalue weighted by molar-refractivity contribution is 9.10. The standard InChI is InChI=1S/C29H33BrClN3O4S/c1-4-5-18-32-29(36)22(3)33(19-23-12-14-24(30)15-13-23)28(35)20-34(27-9-7-6-8-26(27)31)39(37,38)25-16-10-21(2)11-17-25/h6-17,22H,4-5,18-20H2,1-3H3,(H,32,36)/t22-/m0/s1. The summed E-state index contributed by atoms with van der Waals surface area (Å²) in [5.74, 6) is -0.841. The van der Waals surface area contributed by atoms with Crippen LogP contribution in [0.4, 0.5) is 5.69 Å². The fourth-order valence-corrected chi connectivity index (χ4v) is 5.90. The number of para-hydroxylation sites is 1. The van der Waals surface area contributed by atoms with Gasteiger partial charge in [0.1, 0.15) is 12.6 Å². The molecule has 7 nitrogen and oxygen atoms in total. The molecule has 3 aromatic rings. The van der Waals surface area contributed by atoms with Crippen molar-refractivity contribution in [3.05, 3.63) is 93.4 Å². The molecule has 0 spiro atoms. The maximum Gasteiger partial charge on any atom is 0.264 e. The summed E-state index contributed by atoms with van der Waals surface area (Å²) in [4.78, 5) is 28.3. The minimum Gasteiger partial charge on any atom is -0.354 e. The molecule has 0 saturated heterocycles. The van der Waals surface area contributed by atoms with E-state index < -0.39 is 28.5 Å². The van der Waals surface area contributed by atoms with E-state index in [9.17, 15) is 18.0 Å². The summed E-state index contributed by atoms with van der Waals surface area (Å²) in [5, 5.41) is 3.06. The number of benzene rings is 3. The van der Waals surface area contributed by atoms with Gasteiger partial charge in [-0.2, -0.15) is 0 Å². The number of nitrogens with zero attached hydrogens (tertiary/aromatic N) is 2. The van der Waals surface area contributed by atoms with Crippen LogP contribution in [0.1, 0.15) is 37.8 Å². The number of halogens is 2. The van der Waals surface area contributed by atoms with Gasteiger partial charge < -0.3 is 10.2 Å². The second kappa shape index (κ2) is 14.0. The number of hydrogen-bond acceptors (Lipinski definition) is 4. The second-order valence-electron chi connectivity index (χ2n) is 9.24. The lowest BCUT2D eigenvalue weighted by molar-refractivity contribution is -0.139. The van der Waals surface area contributed by atoms with Crippen LogP contribution in [0.5, 0.6) is 0 Å². The van der Waals surface area contributed by atoms with Gasteiger partial charge in [0, 0.05) is 17.6 Å². The average molecular weight is 635 g/mol. The summed E-state index contributed by atoms with van der Waals surface area (Å²) in [5.41, 5.74) is 1.88. The Hall–Kier alpha value is -2.88. The SMILES string of the molecule is CCCCNC(=O)[C@H](C)N(Cc1ccc(Br)cc1)C(=O)CN(c1ccccc1Cl)S(=O)(=O)c1ccc(C)cc1. The molecular weight excluding hydrogens is 602 g/mol. The molecule has 0 unspecified atom stereocenters. The molecule has 3 aromatic carbocycles. The van der Waals surface area contributed by atoms with Crippen molar-refractivity contribution in [2.45, 2.75) is 51.1 Å². The van der Waals surface area contributed by atoms with Crippen LogP contribution in [0.3, 0.4) is 0 Å². The summed E-state index contributed by atoms with van der Waals surface area (Å²) >= 11 is 9.84. The van der Waals surface area contributed by atoms with Gasteiger partial charge in [-0.25, -0.2) is 8.42 Å². The predicted molar refractivity (Wildman–Crippen MR) is 159 cm³/mol. The van der Waals surface area contributed by atoms with Gasteiger partial charge in [-0.05, 0) is 62.2 Å². The van der Waals surface area contributed by atoms with Crippen LogP contribution in [0, 0.1) is 6.92 Å². The minimum atomic E-state index is -4.17. The fourth-order valence-electron chi connectivity index (χ4n) is 3.91. The number of carbonyl (C=O) groups is 2.